The molecule has 0 saturated heterocycles. The van der Waals surface area contributed by atoms with E-state index in [0.717, 1.165) is 5.56 Å². The number of anilines is 1. The minimum absolute atomic E-state index is 0.0741. The van der Waals surface area contributed by atoms with Crippen molar-refractivity contribution in [3.63, 3.8) is 0 Å². The Morgan fingerprint density at radius 2 is 2.04 bits per heavy atom. The Labute approximate surface area is 171 Å². The van der Waals surface area contributed by atoms with Gasteiger partial charge in [-0.15, -0.1) is 0 Å². The molecule has 0 spiro atoms. The highest BCUT2D eigenvalue weighted by Gasteiger charge is 2.33. The molecule has 28 heavy (non-hydrogen) atoms. The van der Waals surface area contributed by atoms with Crippen LogP contribution in [0.25, 0.3) is 0 Å². The van der Waals surface area contributed by atoms with Crippen molar-refractivity contribution in [2.24, 2.45) is 5.92 Å². The number of nitrogens with zero attached hydrogens (tertiary/aromatic N) is 1. The minimum Gasteiger partial charge on any atom is -0.460 e. The van der Waals surface area contributed by atoms with E-state index in [9.17, 15) is 9.59 Å². The van der Waals surface area contributed by atoms with E-state index >= 15 is 0 Å². The summed E-state index contributed by atoms with van der Waals surface area (Å²) in [5.74, 6) is -0.640. The number of nitrogens with one attached hydrogen (secondary N) is 2. The third kappa shape index (κ3) is 5.08. The molecule has 1 atom stereocenters. The number of methoxy groups -OCH3 is 1. The molecule has 0 aromatic heterocycles. The third-order valence-corrected chi connectivity index (χ3v) is 4.90. The number of hydrogen-bond donors (Lipinski definition) is 2. The normalized spacial score (nSPS) is 16.9. The summed E-state index contributed by atoms with van der Waals surface area (Å²) >= 11 is 5.40. The van der Waals surface area contributed by atoms with E-state index < -0.39 is 12.0 Å². The quantitative estimate of drug-likeness (QED) is 0.410. The maximum absolute atomic E-state index is 12.8. The van der Waals surface area contributed by atoms with Gasteiger partial charge in [0.2, 0.25) is 5.91 Å². The van der Waals surface area contributed by atoms with Crippen LogP contribution in [0.15, 0.2) is 35.5 Å². The van der Waals surface area contributed by atoms with Gasteiger partial charge in [-0.3, -0.25) is 4.79 Å². The number of carbonyl (C=O) groups is 2. The number of hydrogen-bond acceptors (Lipinski definition) is 5. The zero-order valence-corrected chi connectivity index (χ0v) is 17.7. The fourth-order valence-electron chi connectivity index (χ4n) is 2.73. The van der Waals surface area contributed by atoms with E-state index in [2.05, 4.69) is 10.6 Å². The minimum atomic E-state index is -0.477. The van der Waals surface area contributed by atoms with Crippen LogP contribution in [0.5, 0.6) is 0 Å². The highest BCUT2D eigenvalue weighted by molar-refractivity contribution is 7.80. The molecule has 0 radical (unpaired) electrons. The molecular weight excluding hydrogens is 378 g/mol. The third-order valence-electron chi connectivity index (χ3n) is 4.51. The standard InChI is InChI=1S/C20H27N3O4S/c1-12(2)18(24)21-15-8-6-7-14(11-15)17-16(19(25)27-10-9-26-5)13(3)23(4)20(28)22-17/h6-8,11-12,17H,9-10H2,1-5H3,(H,21,24)(H,22,28)/t17-/m1/s1. The van der Waals surface area contributed by atoms with Gasteiger partial charge in [0.1, 0.15) is 6.61 Å². The van der Waals surface area contributed by atoms with Crippen molar-refractivity contribution >= 4 is 34.9 Å². The molecule has 1 aliphatic heterocycles. The Kier molecular flexibility index (Phi) is 7.53. The Hall–Kier alpha value is -2.45. The highest BCUT2D eigenvalue weighted by atomic mass is 32.1. The lowest BCUT2D eigenvalue weighted by Crippen LogP contribution is -2.46. The van der Waals surface area contributed by atoms with Crippen LogP contribution in [0.1, 0.15) is 32.4 Å². The van der Waals surface area contributed by atoms with Crippen LogP contribution >= 0.6 is 12.2 Å². The van der Waals surface area contributed by atoms with E-state index in [-0.39, 0.29) is 18.4 Å². The van der Waals surface area contributed by atoms with Crippen LogP contribution in [0, 0.1) is 5.92 Å². The number of thiocarbonyl (C=S) groups is 1. The molecule has 1 amide bonds. The fourth-order valence-corrected chi connectivity index (χ4v) is 2.98. The van der Waals surface area contributed by atoms with E-state index in [1.165, 1.54) is 0 Å². The first-order valence-electron chi connectivity index (χ1n) is 9.08. The molecule has 2 rings (SSSR count). The van der Waals surface area contributed by atoms with Gasteiger partial charge in [0.25, 0.3) is 0 Å². The Bertz CT molecular complexity index is 791. The van der Waals surface area contributed by atoms with Crippen molar-refractivity contribution in [1.82, 2.24) is 10.2 Å². The summed E-state index contributed by atoms with van der Waals surface area (Å²) in [5, 5.41) is 6.58. The van der Waals surface area contributed by atoms with E-state index in [0.29, 0.717) is 28.7 Å². The Balaban J connectivity index is 2.36. The number of amides is 1. The summed E-state index contributed by atoms with van der Waals surface area (Å²) in [4.78, 5) is 26.5. The lowest BCUT2D eigenvalue weighted by molar-refractivity contribution is -0.140. The van der Waals surface area contributed by atoms with Gasteiger partial charge < -0.3 is 25.0 Å². The highest BCUT2D eigenvalue weighted by Crippen LogP contribution is 2.32. The number of rotatable bonds is 7. The molecule has 1 aromatic carbocycles. The summed E-state index contributed by atoms with van der Waals surface area (Å²) in [7, 11) is 3.34. The van der Waals surface area contributed by atoms with Crippen LogP contribution in [0.3, 0.4) is 0 Å². The van der Waals surface area contributed by atoms with Crippen LogP contribution in [-0.2, 0) is 19.1 Å². The SMILES string of the molecule is COCCOC(=O)C1=C(C)N(C)C(=S)N[C@@H]1c1cccc(NC(=O)C(C)C)c1. The largest absolute Gasteiger partial charge is 0.460 e. The summed E-state index contributed by atoms with van der Waals surface area (Å²) in [5.41, 5.74) is 2.65. The maximum atomic E-state index is 12.8. The monoisotopic (exact) mass is 405 g/mol. The molecule has 0 bridgehead atoms. The van der Waals surface area contributed by atoms with Gasteiger partial charge in [-0.25, -0.2) is 4.79 Å². The summed E-state index contributed by atoms with van der Waals surface area (Å²) in [6.07, 6.45) is 0. The van der Waals surface area contributed by atoms with Crippen molar-refractivity contribution in [2.75, 3.05) is 32.7 Å². The van der Waals surface area contributed by atoms with Gasteiger partial charge in [0.05, 0.1) is 18.2 Å². The molecule has 1 heterocycles. The lowest BCUT2D eigenvalue weighted by Gasteiger charge is -2.35. The number of ether oxygens (including phenoxy) is 2. The molecule has 1 aliphatic rings. The molecule has 7 nitrogen and oxygen atoms in total. The zero-order chi connectivity index (χ0) is 20.8. The van der Waals surface area contributed by atoms with Crippen LogP contribution in [-0.4, -0.2) is 49.3 Å². The number of esters is 1. The fraction of sp³-hybridized carbons (Fsp3) is 0.450. The average Bonchev–Trinajstić information content (AvgIpc) is 2.66. The summed E-state index contributed by atoms with van der Waals surface area (Å²) < 4.78 is 10.3. The second kappa shape index (κ2) is 9.66. The van der Waals surface area contributed by atoms with Crippen LogP contribution in [0.2, 0.25) is 0 Å². The second-order valence-electron chi connectivity index (χ2n) is 6.84. The smallest absolute Gasteiger partial charge is 0.338 e. The Morgan fingerprint density at radius 1 is 1.32 bits per heavy atom. The average molecular weight is 406 g/mol. The topological polar surface area (TPSA) is 79.9 Å². The predicted octanol–water partition coefficient (Wildman–Crippen LogP) is 2.61. The van der Waals surface area contributed by atoms with Crippen molar-refractivity contribution in [3.8, 4) is 0 Å². The molecular formula is C20H27N3O4S. The molecule has 0 saturated carbocycles. The molecule has 0 unspecified atom stereocenters. The molecule has 0 aliphatic carbocycles. The van der Waals surface area contributed by atoms with E-state index in [1.807, 2.05) is 45.0 Å². The number of benzene rings is 1. The maximum Gasteiger partial charge on any atom is 0.338 e. The van der Waals surface area contributed by atoms with E-state index in [1.54, 1.807) is 19.1 Å². The zero-order valence-electron chi connectivity index (χ0n) is 16.9. The van der Waals surface area contributed by atoms with Crippen LogP contribution < -0.4 is 10.6 Å². The molecule has 2 N–H and O–H groups in total. The summed E-state index contributed by atoms with van der Waals surface area (Å²) in [6.45, 7) is 5.97. The number of allylic oxidation sites excluding steroid dienone is 1. The predicted molar refractivity (Wildman–Crippen MR) is 112 cm³/mol. The summed E-state index contributed by atoms with van der Waals surface area (Å²) in [6, 6.07) is 6.88. The van der Waals surface area contributed by atoms with Gasteiger partial charge >= 0.3 is 5.97 Å². The van der Waals surface area contributed by atoms with Crippen molar-refractivity contribution in [1.29, 1.82) is 0 Å². The molecule has 0 fully saturated rings. The van der Waals surface area contributed by atoms with Gasteiger partial charge in [0.15, 0.2) is 5.11 Å². The van der Waals surface area contributed by atoms with Crippen LogP contribution in [0.4, 0.5) is 5.69 Å². The van der Waals surface area contributed by atoms with Gasteiger partial charge in [0, 0.05) is 31.5 Å². The first-order valence-corrected chi connectivity index (χ1v) is 9.49. The number of carbonyl (C=O) groups excluding carboxylic acids is 2. The molecule has 1 aromatic rings. The first kappa shape index (κ1) is 21.8. The van der Waals surface area contributed by atoms with E-state index in [4.69, 9.17) is 21.7 Å². The Morgan fingerprint density at radius 3 is 2.68 bits per heavy atom. The molecule has 152 valence electrons. The second-order valence-corrected chi connectivity index (χ2v) is 7.23. The lowest BCUT2D eigenvalue weighted by atomic mass is 9.94. The van der Waals surface area contributed by atoms with Crippen molar-refractivity contribution < 1.29 is 19.1 Å². The van der Waals surface area contributed by atoms with Crippen molar-refractivity contribution in [2.45, 2.75) is 26.8 Å². The van der Waals surface area contributed by atoms with Gasteiger partial charge in [-0.1, -0.05) is 26.0 Å². The van der Waals surface area contributed by atoms with Crippen molar-refractivity contribution in [3.05, 3.63) is 41.1 Å². The first-order chi connectivity index (χ1) is 13.3. The van der Waals surface area contributed by atoms with Gasteiger partial charge in [-0.2, -0.15) is 0 Å². The molecule has 8 heteroatoms. The van der Waals surface area contributed by atoms with Gasteiger partial charge in [-0.05, 0) is 36.8 Å².